The summed E-state index contributed by atoms with van der Waals surface area (Å²) in [7, 11) is -4.11. The van der Waals surface area contributed by atoms with E-state index >= 15 is 0 Å². The van der Waals surface area contributed by atoms with Crippen molar-refractivity contribution in [3.63, 3.8) is 0 Å². The van der Waals surface area contributed by atoms with Crippen molar-refractivity contribution in [2.45, 2.75) is 23.5 Å². The van der Waals surface area contributed by atoms with Crippen LogP contribution < -0.4 is 0 Å². The van der Waals surface area contributed by atoms with Gasteiger partial charge in [-0.15, -0.1) is 0 Å². The lowest BCUT2D eigenvalue weighted by atomic mass is 9.98. The van der Waals surface area contributed by atoms with E-state index in [1.807, 2.05) is 30.3 Å². The third kappa shape index (κ3) is 3.82. The number of hydroxylamine groups is 1. The molecule has 3 aromatic carbocycles. The summed E-state index contributed by atoms with van der Waals surface area (Å²) in [5, 5.41) is 11.3. The Labute approximate surface area is 178 Å². The molecule has 0 radical (unpaired) electrons. The van der Waals surface area contributed by atoms with Gasteiger partial charge in [-0.2, -0.15) is 0 Å². The Balaban J connectivity index is 1.75. The average Bonchev–Trinajstić information content (AvgIpc) is 3.21. The van der Waals surface area contributed by atoms with Gasteiger partial charge in [0, 0.05) is 23.6 Å². The molecule has 0 amide bonds. The number of non-ortho nitro benzene ring substituents is 1. The summed E-state index contributed by atoms with van der Waals surface area (Å²) in [4.78, 5) is 16.1. The van der Waals surface area contributed by atoms with Gasteiger partial charge in [0.15, 0.2) is 0 Å². The third-order valence-corrected chi connectivity index (χ3v) is 6.97. The third-order valence-electron chi connectivity index (χ3n) is 4.94. The van der Waals surface area contributed by atoms with Gasteiger partial charge in [-0.05, 0) is 29.3 Å². The number of rotatable bonds is 5. The molecule has 0 saturated carbocycles. The van der Waals surface area contributed by atoms with Crippen LogP contribution in [-0.2, 0) is 14.9 Å². The number of hydrogen-bond acceptors (Lipinski definition) is 5. The Morgan fingerprint density at radius 2 is 1.60 bits per heavy atom. The second-order valence-corrected chi connectivity index (χ2v) is 8.98. The highest BCUT2D eigenvalue weighted by Crippen LogP contribution is 2.46. The van der Waals surface area contributed by atoms with Crippen LogP contribution in [0.3, 0.4) is 0 Å². The minimum absolute atomic E-state index is 0.0983. The van der Waals surface area contributed by atoms with Gasteiger partial charge in [0.25, 0.3) is 15.7 Å². The highest BCUT2D eigenvalue weighted by molar-refractivity contribution is 7.89. The summed E-state index contributed by atoms with van der Waals surface area (Å²) < 4.78 is 27.7. The van der Waals surface area contributed by atoms with E-state index in [9.17, 15) is 18.5 Å². The maximum atomic E-state index is 13.4. The highest BCUT2D eigenvalue weighted by atomic mass is 35.5. The lowest BCUT2D eigenvalue weighted by Gasteiger charge is -2.23. The van der Waals surface area contributed by atoms with E-state index in [1.165, 1.54) is 12.1 Å². The first-order chi connectivity index (χ1) is 14.4. The van der Waals surface area contributed by atoms with Crippen LogP contribution in [0.15, 0.2) is 83.8 Å². The van der Waals surface area contributed by atoms with E-state index in [4.69, 9.17) is 16.4 Å². The first-order valence-electron chi connectivity index (χ1n) is 9.13. The standard InChI is InChI=1S/C21H17ClN2O5S/c22-19-9-5-4-8-18(19)20-14-21(15-6-2-1-3-7-15)29-24(20)30(27,28)17-12-10-16(11-13-17)23(25)26/h1-13,20-21H,14H2. The van der Waals surface area contributed by atoms with Crippen LogP contribution in [0.5, 0.6) is 0 Å². The topological polar surface area (TPSA) is 89.8 Å². The van der Waals surface area contributed by atoms with Gasteiger partial charge < -0.3 is 0 Å². The van der Waals surface area contributed by atoms with Gasteiger partial charge in [-0.25, -0.2) is 8.42 Å². The Kier molecular flexibility index (Phi) is 5.57. The van der Waals surface area contributed by atoms with Crippen LogP contribution in [0.1, 0.15) is 29.7 Å². The zero-order chi connectivity index (χ0) is 21.3. The van der Waals surface area contributed by atoms with Gasteiger partial charge in [-0.3, -0.25) is 15.0 Å². The molecule has 4 rings (SSSR count). The summed E-state index contributed by atoms with van der Waals surface area (Å²) in [6, 6.07) is 20.4. The zero-order valence-electron chi connectivity index (χ0n) is 15.6. The fourth-order valence-corrected chi connectivity index (χ4v) is 5.15. The quantitative estimate of drug-likeness (QED) is 0.405. The van der Waals surface area contributed by atoms with Gasteiger partial charge >= 0.3 is 0 Å². The normalized spacial score (nSPS) is 19.6. The van der Waals surface area contributed by atoms with E-state index in [2.05, 4.69) is 0 Å². The Bertz CT molecular complexity index is 1170. The molecule has 2 unspecified atom stereocenters. The maximum Gasteiger partial charge on any atom is 0.269 e. The van der Waals surface area contributed by atoms with Gasteiger partial charge in [0.2, 0.25) is 0 Å². The average molecular weight is 445 g/mol. The molecule has 1 fully saturated rings. The fraction of sp³-hybridized carbons (Fsp3) is 0.143. The summed E-state index contributed by atoms with van der Waals surface area (Å²) in [6.45, 7) is 0. The van der Waals surface area contributed by atoms with E-state index in [0.29, 0.717) is 17.0 Å². The van der Waals surface area contributed by atoms with Crippen LogP contribution >= 0.6 is 11.6 Å². The van der Waals surface area contributed by atoms with Crippen LogP contribution in [0.25, 0.3) is 0 Å². The van der Waals surface area contributed by atoms with Gasteiger partial charge in [-0.1, -0.05) is 64.6 Å². The minimum atomic E-state index is -4.11. The van der Waals surface area contributed by atoms with Crippen molar-refractivity contribution in [3.05, 3.63) is 105 Å². The first kappa shape index (κ1) is 20.5. The Hall–Kier alpha value is -2.78. The number of nitrogens with zero attached hydrogens (tertiary/aromatic N) is 2. The van der Waals surface area contributed by atoms with Crippen LogP contribution in [0, 0.1) is 10.1 Å². The molecule has 30 heavy (non-hydrogen) atoms. The van der Waals surface area contributed by atoms with Crippen molar-refractivity contribution < 1.29 is 18.2 Å². The van der Waals surface area contributed by atoms with Crippen molar-refractivity contribution >= 4 is 27.3 Å². The predicted octanol–water partition coefficient (Wildman–Crippen LogP) is 5.06. The molecule has 9 heteroatoms. The molecule has 0 N–H and O–H groups in total. The molecule has 3 aromatic rings. The van der Waals surface area contributed by atoms with Crippen molar-refractivity contribution in [1.29, 1.82) is 0 Å². The monoisotopic (exact) mass is 444 g/mol. The number of sulfonamides is 1. The van der Waals surface area contributed by atoms with E-state index < -0.39 is 27.1 Å². The predicted molar refractivity (Wildman–Crippen MR) is 111 cm³/mol. The summed E-state index contributed by atoms with van der Waals surface area (Å²) in [5.74, 6) is 0. The molecule has 0 bridgehead atoms. The largest absolute Gasteiger partial charge is 0.275 e. The van der Waals surface area contributed by atoms with Crippen LogP contribution in [-0.4, -0.2) is 17.8 Å². The molecule has 1 aliphatic heterocycles. The minimum Gasteiger partial charge on any atom is -0.275 e. The number of nitro groups is 1. The van der Waals surface area contributed by atoms with Crippen LogP contribution in [0.4, 0.5) is 5.69 Å². The summed E-state index contributed by atoms with van der Waals surface area (Å²) >= 11 is 6.36. The van der Waals surface area contributed by atoms with E-state index in [0.717, 1.165) is 22.2 Å². The number of nitro benzene ring substituents is 1. The second kappa shape index (κ2) is 8.16. The van der Waals surface area contributed by atoms with E-state index in [-0.39, 0.29) is 10.6 Å². The second-order valence-electron chi connectivity index (χ2n) is 6.79. The molecule has 154 valence electrons. The van der Waals surface area contributed by atoms with Crippen molar-refractivity contribution in [2.75, 3.05) is 0 Å². The zero-order valence-corrected chi connectivity index (χ0v) is 17.2. The highest BCUT2D eigenvalue weighted by Gasteiger charge is 2.44. The fourth-order valence-electron chi connectivity index (χ4n) is 3.45. The Morgan fingerprint density at radius 3 is 2.23 bits per heavy atom. The molecular formula is C21H17ClN2O5S. The van der Waals surface area contributed by atoms with Crippen molar-refractivity contribution in [1.82, 2.24) is 4.47 Å². The molecule has 0 spiro atoms. The lowest BCUT2D eigenvalue weighted by Crippen LogP contribution is -2.30. The lowest BCUT2D eigenvalue weighted by molar-refractivity contribution is -0.384. The molecular weight excluding hydrogens is 428 g/mol. The molecule has 1 heterocycles. The van der Waals surface area contributed by atoms with Crippen molar-refractivity contribution in [2.24, 2.45) is 0 Å². The number of benzene rings is 3. The molecule has 0 aliphatic carbocycles. The van der Waals surface area contributed by atoms with Gasteiger partial charge in [0.05, 0.1) is 15.9 Å². The molecule has 2 atom stereocenters. The maximum absolute atomic E-state index is 13.4. The summed E-state index contributed by atoms with van der Waals surface area (Å²) in [6.07, 6.45) is -0.111. The molecule has 7 nitrogen and oxygen atoms in total. The number of halogens is 1. The molecule has 1 saturated heterocycles. The SMILES string of the molecule is O=[N+]([O-])c1ccc(S(=O)(=O)N2OC(c3ccccc3)CC2c2ccccc2Cl)cc1. The van der Waals surface area contributed by atoms with Crippen LogP contribution in [0.2, 0.25) is 5.02 Å². The Morgan fingerprint density at radius 1 is 0.967 bits per heavy atom. The van der Waals surface area contributed by atoms with Gasteiger partial charge in [0.1, 0.15) is 6.10 Å². The van der Waals surface area contributed by atoms with Crippen molar-refractivity contribution in [3.8, 4) is 0 Å². The first-order valence-corrected chi connectivity index (χ1v) is 10.9. The number of hydrogen-bond donors (Lipinski definition) is 0. The summed E-state index contributed by atoms with van der Waals surface area (Å²) in [5.41, 5.74) is 1.28. The smallest absolute Gasteiger partial charge is 0.269 e. The van der Waals surface area contributed by atoms with E-state index in [1.54, 1.807) is 24.3 Å². The molecule has 0 aromatic heterocycles. The molecule has 1 aliphatic rings.